The molecule has 3 unspecified atom stereocenters. The lowest BCUT2D eigenvalue weighted by Crippen LogP contribution is -2.51. The highest BCUT2D eigenvalue weighted by Crippen LogP contribution is 2.26. The molecule has 2 N–H and O–H groups in total. The molecule has 1 aromatic rings. The standard InChI is InChI=1S/C16H23BrN2O2.ClH/c1-10-4-5-15(13(17)8-10)21-12(3)16(20)19-14-6-7-18-9-11(14)2;/h4-5,8,11-12,14,18H,6-7,9H2,1-3H3,(H,19,20);1H. The number of amides is 1. The van der Waals surface area contributed by atoms with Gasteiger partial charge in [-0.25, -0.2) is 0 Å². The smallest absolute Gasteiger partial charge is 0.261 e. The average molecular weight is 392 g/mol. The number of piperidine rings is 1. The Morgan fingerprint density at radius 3 is 2.86 bits per heavy atom. The number of ether oxygens (including phenoxy) is 1. The van der Waals surface area contributed by atoms with Gasteiger partial charge in [0.1, 0.15) is 5.75 Å². The summed E-state index contributed by atoms with van der Waals surface area (Å²) >= 11 is 3.47. The van der Waals surface area contributed by atoms with Gasteiger partial charge < -0.3 is 15.4 Å². The van der Waals surface area contributed by atoms with Gasteiger partial charge >= 0.3 is 0 Å². The third-order valence-electron chi connectivity index (χ3n) is 3.87. The molecule has 0 spiro atoms. The molecule has 4 nitrogen and oxygen atoms in total. The SMILES string of the molecule is Cc1ccc(OC(C)C(=O)NC2CCNCC2C)c(Br)c1.Cl. The quantitative estimate of drug-likeness (QED) is 0.829. The van der Waals surface area contributed by atoms with Gasteiger partial charge in [0.15, 0.2) is 6.10 Å². The topological polar surface area (TPSA) is 50.4 Å². The molecule has 0 aromatic heterocycles. The van der Waals surface area contributed by atoms with Crippen molar-refractivity contribution in [1.29, 1.82) is 0 Å². The zero-order valence-corrected chi connectivity index (χ0v) is 15.6. The van der Waals surface area contributed by atoms with E-state index in [4.69, 9.17) is 4.74 Å². The van der Waals surface area contributed by atoms with Crippen LogP contribution in [0.15, 0.2) is 22.7 Å². The molecule has 2 rings (SSSR count). The monoisotopic (exact) mass is 390 g/mol. The van der Waals surface area contributed by atoms with E-state index in [1.807, 2.05) is 25.1 Å². The van der Waals surface area contributed by atoms with Crippen molar-refractivity contribution in [1.82, 2.24) is 10.6 Å². The molecule has 1 saturated heterocycles. The van der Waals surface area contributed by atoms with E-state index >= 15 is 0 Å². The van der Waals surface area contributed by atoms with Crippen LogP contribution in [0.5, 0.6) is 5.75 Å². The van der Waals surface area contributed by atoms with Crippen LogP contribution in [0, 0.1) is 12.8 Å². The lowest BCUT2D eigenvalue weighted by molar-refractivity contribution is -0.128. The van der Waals surface area contributed by atoms with Crippen molar-refractivity contribution in [2.75, 3.05) is 13.1 Å². The number of hydrogen-bond acceptors (Lipinski definition) is 3. The lowest BCUT2D eigenvalue weighted by atomic mass is 9.95. The molecule has 124 valence electrons. The van der Waals surface area contributed by atoms with Crippen molar-refractivity contribution in [3.8, 4) is 5.75 Å². The minimum absolute atomic E-state index is 0. The summed E-state index contributed by atoms with van der Waals surface area (Å²) in [5.41, 5.74) is 1.15. The van der Waals surface area contributed by atoms with Gasteiger partial charge in [-0.3, -0.25) is 4.79 Å². The summed E-state index contributed by atoms with van der Waals surface area (Å²) in [6.07, 6.45) is 0.458. The van der Waals surface area contributed by atoms with E-state index in [0.29, 0.717) is 11.7 Å². The van der Waals surface area contributed by atoms with Crippen LogP contribution in [0.4, 0.5) is 0 Å². The Labute approximate surface area is 146 Å². The second-order valence-electron chi connectivity index (χ2n) is 5.78. The predicted molar refractivity (Wildman–Crippen MR) is 94.8 cm³/mol. The number of benzene rings is 1. The summed E-state index contributed by atoms with van der Waals surface area (Å²) in [6, 6.07) is 6.07. The van der Waals surface area contributed by atoms with Crippen molar-refractivity contribution >= 4 is 34.2 Å². The van der Waals surface area contributed by atoms with Gasteiger partial charge in [-0.2, -0.15) is 0 Å². The van der Waals surface area contributed by atoms with Gasteiger partial charge in [-0.05, 0) is 72.9 Å². The second kappa shape index (κ2) is 8.75. The Bertz CT molecular complexity index is 513. The van der Waals surface area contributed by atoms with Crippen LogP contribution in [0.25, 0.3) is 0 Å². The summed E-state index contributed by atoms with van der Waals surface area (Å²) in [4.78, 5) is 12.3. The minimum Gasteiger partial charge on any atom is -0.480 e. The highest BCUT2D eigenvalue weighted by Gasteiger charge is 2.25. The van der Waals surface area contributed by atoms with Crippen molar-refractivity contribution in [3.63, 3.8) is 0 Å². The number of carbonyl (C=O) groups excluding carboxylic acids is 1. The maximum Gasteiger partial charge on any atom is 0.261 e. The Kier molecular flexibility index (Phi) is 7.66. The molecule has 1 aliphatic rings. The summed E-state index contributed by atoms with van der Waals surface area (Å²) in [5.74, 6) is 1.09. The van der Waals surface area contributed by atoms with E-state index in [1.165, 1.54) is 0 Å². The van der Waals surface area contributed by atoms with Gasteiger partial charge in [-0.15, -0.1) is 12.4 Å². The number of nitrogens with one attached hydrogen (secondary N) is 2. The summed E-state index contributed by atoms with van der Waals surface area (Å²) in [7, 11) is 0. The van der Waals surface area contributed by atoms with Crippen LogP contribution < -0.4 is 15.4 Å². The van der Waals surface area contributed by atoms with E-state index < -0.39 is 6.10 Å². The molecule has 0 saturated carbocycles. The van der Waals surface area contributed by atoms with Gasteiger partial charge in [0, 0.05) is 6.04 Å². The molecule has 1 aliphatic heterocycles. The summed E-state index contributed by atoms with van der Waals surface area (Å²) in [6.45, 7) is 7.85. The average Bonchev–Trinajstić information content (AvgIpc) is 2.44. The highest BCUT2D eigenvalue weighted by atomic mass is 79.9. The fourth-order valence-electron chi connectivity index (χ4n) is 2.47. The first-order valence-electron chi connectivity index (χ1n) is 7.41. The lowest BCUT2D eigenvalue weighted by Gasteiger charge is -2.31. The van der Waals surface area contributed by atoms with Crippen LogP contribution in [0.3, 0.4) is 0 Å². The highest BCUT2D eigenvalue weighted by molar-refractivity contribution is 9.10. The first-order chi connectivity index (χ1) is 9.97. The molecule has 6 heteroatoms. The van der Waals surface area contributed by atoms with Crippen LogP contribution in [0.1, 0.15) is 25.8 Å². The molecular weight excluding hydrogens is 368 g/mol. The van der Waals surface area contributed by atoms with Crippen molar-refractivity contribution in [3.05, 3.63) is 28.2 Å². The van der Waals surface area contributed by atoms with Crippen LogP contribution in [-0.2, 0) is 4.79 Å². The van der Waals surface area contributed by atoms with E-state index in [1.54, 1.807) is 6.92 Å². The van der Waals surface area contributed by atoms with E-state index in [9.17, 15) is 4.79 Å². The van der Waals surface area contributed by atoms with Crippen LogP contribution in [-0.4, -0.2) is 31.1 Å². The molecule has 0 aliphatic carbocycles. The Morgan fingerprint density at radius 2 is 2.23 bits per heavy atom. The Hall–Kier alpha value is -0.780. The molecule has 22 heavy (non-hydrogen) atoms. The molecule has 1 amide bonds. The van der Waals surface area contributed by atoms with Crippen molar-refractivity contribution < 1.29 is 9.53 Å². The number of rotatable bonds is 4. The van der Waals surface area contributed by atoms with E-state index in [-0.39, 0.29) is 24.4 Å². The maximum atomic E-state index is 12.3. The fraction of sp³-hybridized carbons (Fsp3) is 0.562. The Morgan fingerprint density at radius 1 is 1.50 bits per heavy atom. The molecular formula is C16H24BrClN2O2. The molecule has 1 aromatic carbocycles. The Balaban J connectivity index is 0.00000242. The summed E-state index contributed by atoms with van der Waals surface area (Å²) in [5, 5.41) is 6.43. The number of aryl methyl sites for hydroxylation is 1. The minimum atomic E-state index is -0.508. The first-order valence-corrected chi connectivity index (χ1v) is 8.20. The molecule has 3 atom stereocenters. The fourth-order valence-corrected chi connectivity index (χ4v) is 3.06. The third-order valence-corrected chi connectivity index (χ3v) is 4.49. The van der Waals surface area contributed by atoms with E-state index in [2.05, 4.69) is 33.5 Å². The second-order valence-corrected chi connectivity index (χ2v) is 6.63. The molecule has 1 heterocycles. The molecule has 0 radical (unpaired) electrons. The van der Waals surface area contributed by atoms with Crippen molar-refractivity contribution in [2.24, 2.45) is 5.92 Å². The zero-order valence-electron chi connectivity index (χ0n) is 13.2. The maximum absolute atomic E-state index is 12.3. The normalized spacial score (nSPS) is 22.4. The van der Waals surface area contributed by atoms with E-state index in [0.717, 1.165) is 29.5 Å². The van der Waals surface area contributed by atoms with Crippen LogP contribution in [0.2, 0.25) is 0 Å². The molecule has 1 fully saturated rings. The number of halogens is 2. The van der Waals surface area contributed by atoms with Gasteiger partial charge in [0.25, 0.3) is 5.91 Å². The first kappa shape index (κ1) is 19.3. The van der Waals surface area contributed by atoms with Gasteiger partial charge in [-0.1, -0.05) is 13.0 Å². The number of carbonyl (C=O) groups is 1. The summed E-state index contributed by atoms with van der Waals surface area (Å²) < 4.78 is 6.64. The van der Waals surface area contributed by atoms with Crippen LogP contribution >= 0.6 is 28.3 Å². The third kappa shape index (κ3) is 5.14. The predicted octanol–water partition coefficient (Wildman–Crippen LogP) is 3.06. The van der Waals surface area contributed by atoms with Crippen molar-refractivity contribution in [2.45, 2.75) is 39.3 Å². The van der Waals surface area contributed by atoms with Gasteiger partial charge in [0.05, 0.1) is 4.47 Å². The zero-order chi connectivity index (χ0) is 15.4. The largest absolute Gasteiger partial charge is 0.480 e. The number of hydrogen-bond donors (Lipinski definition) is 2. The van der Waals surface area contributed by atoms with Gasteiger partial charge in [0.2, 0.25) is 0 Å². The molecule has 0 bridgehead atoms.